The number of ether oxygens (including phenoxy) is 1. The van der Waals surface area contributed by atoms with E-state index < -0.39 is 0 Å². The number of carbonyl (C=O) groups is 1. The molecule has 0 fully saturated rings. The molecule has 0 aliphatic carbocycles. The van der Waals surface area contributed by atoms with Gasteiger partial charge in [-0.15, -0.1) is 11.3 Å². The zero-order chi connectivity index (χ0) is 13.2. The zero-order valence-electron chi connectivity index (χ0n) is 10.7. The van der Waals surface area contributed by atoms with Crippen molar-refractivity contribution < 1.29 is 9.53 Å². The number of rotatable bonds is 3. The summed E-state index contributed by atoms with van der Waals surface area (Å²) in [6.45, 7) is 2.62. The van der Waals surface area contributed by atoms with Gasteiger partial charge in [0, 0.05) is 16.9 Å². The Hall–Kier alpha value is -1.81. The SMILES string of the molecule is C[C@@H]1Cc2cc(C(=O)NCc3cccs3)ccc2O1. The predicted octanol–water partition coefficient (Wildman–Crippen LogP) is 3.00. The van der Waals surface area contributed by atoms with Crippen molar-refractivity contribution in [3.05, 3.63) is 51.7 Å². The lowest BCUT2D eigenvalue weighted by molar-refractivity contribution is 0.0951. The summed E-state index contributed by atoms with van der Waals surface area (Å²) >= 11 is 1.65. The Balaban J connectivity index is 1.69. The monoisotopic (exact) mass is 273 g/mol. The van der Waals surface area contributed by atoms with Crippen LogP contribution in [0.4, 0.5) is 0 Å². The number of benzene rings is 1. The van der Waals surface area contributed by atoms with Crippen molar-refractivity contribution in [1.29, 1.82) is 0 Å². The van der Waals surface area contributed by atoms with Crippen LogP contribution in [0, 0.1) is 0 Å². The van der Waals surface area contributed by atoms with E-state index in [1.54, 1.807) is 11.3 Å². The molecular formula is C15H15NO2S. The molecule has 0 spiro atoms. The molecule has 1 aliphatic rings. The lowest BCUT2D eigenvalue weighted by Gasteiger charge is -2.05. The van der Waals surface area contributed by atoms with E-state index in [-0.39, 0.29) is 12.0 Å². The maximum Gasteiger partial charge on any atom is 0.251 e. The van der Waals surface area contributed by atoms with Gasteiger partial charge in [-0.1, -0.05) is 6.07 Å². The second-order valence-electron chi connectivity index (χ2n) is 4.72. The first-order valence-electron chi connectivity index (χ1n) is 6.32. The maximum absolute atomic E-state index is 12.1. The highest BCUT2D eigenvalue weighted by Crippen LogP contribution is 2.29. The number of fused-ring (bicyclic) bond motifs is 1. The number of thiophene rings is 1. The van der Waals surface area contributed by atoms with Crippen LogP contribution in [0.1, 0.15) is 27.7 Å². The number of nitrogens with one attached hydrogen (secondary N) is 1. The van der Waals surface area contributed by atoms with E-state index in [4.69, 9.17) is 4.74 Å². The van der Waals surface area contributed by atoms with Crippen LogP contribution in [0.25, 0.3) is 0 Å². The van der Waals surface area contributed by atoms with Gasteiger partial charge < -0.3 is 10.1 Å². The lowest BCUT2D eigenvalue weighted by atomic mass is 10.1. The Kier molecular flexibility index (Phi) is 3.25. The minimum absolute atomic E-state index is 0.0317. The van der Waals surface area contributed by atoms with Crippen LogP contribution in [0.15, 0.2) is 35.7 Å². The van der Waals surface area contributed by atoms with Crippen molar-refractivity contribution in [3.8, 4) is 5.75 Å². The van der Waals surface area contributed by atoms with E-state index >= 15 is 0 Å². The summed E-state index contributed by atoms with van der Waals surface area (Å²) in [5.41, 5.74) is 1.82. The van der Waals surface area contributed by atoms with E-state index in [0.29, 0.717) is 12.1 Å². The van der Waals surface area contributed by atoms with Gasteiger partial charge >= 0.3 is 0 Å². The van der Waals surface area contributed by atoms with Gasteiger partial charge in [0.1, 0.15) is 11.9 Å². The molecule has 3 nitrogen and oxygen atoms in total. The van der Waals surface area contributed by atoms with Crippen LogP contribution in [-0.2, 0) is 13.0 Å². The third-order valence-electron chi connectivity index (χ3n) is 3.16. The number of hydrogen-bond acceptors (Lipinski definition) is 3. The van der Waals surface area contributed by atoms with Gasteiger partial charge in [-0.2, -0.15) is 0 Å². The standard InChI is InChI=1S/C15H15NO2S/c1-10-7-12-8-11(4-5-14(12)18-10)15(17)16-9-13-3-2-6-19-13/h2-6,8,10H,7,9H2,1H3,(H,16,17)/t10-/m1/s1. The van der Waals surface area contributed by atoms with Gasteiger partial charge in [0.15, 0.2) is 0 Å². The van der Waals surface area contributed by atoms with E-state index in [2.05, 4.69) is 5.32 Å². The van der Waals surface area contributed by atoms with Gasteiger partial charge in [0.25, 0.3) is 5.91 Å². The molecule has 0 radical (unpaired) electrons. The Morgan fingerprint density at radius 3 is 3.16 bits per heavy atom. The molecule has 1 N–H and O–H groups in total. The molecule has 0 saturated carbocycles. The fourth-order valence-electron chi connectivity index (χ4n) is 2.25. The molecule has 0 saturated heterocycles. The third-order valence-corrected chi connectivity index (χ3v) is 4.04. The van der Waals surface area contributed by atoms with Crippen molar-refractivity contribution >= 4 is 17.2 Å². The van der Waals surface area contributed by atoms with Crippen molar-refractivity contribution in [2.24, 2.45) is 0 Å². The summed E-state index contributed by atoms with van der Waals surface area (Å²) in [6, 6.07) is 9.64. The summed E-state index contributed by atoms with van der Waals surface area (Å²) in [6.07, 6.45) is 1.08. The highest BCUT2D eigenvalue weighted by atomic mass is 32.1. The van der Waals surface area contributed by atoms with Gasteiger partial charge in [0.05, 0.1) is 6.54 Å². The summed E-state index contributed by atoms with van der Waals surface area (Å²) in [4.78, 5) is 13.2. The molecule has 1 aromatic heterocycles. The van der Waals surface area contributed by atoms with Gasteiger partial charge in [-0.3, -0.25) is 4.79 Å². The van der Waals surface area contributed by atoms with Crippen LogP contribution in [0.3, 0.4) is 0 Å². The summed E-state index contributed by atoms with van der Waals surface area (Å²) in [7, 11) is 0. The fourth-order valence-corrected chi connectivity index (χ4v) is 2.89. The van der Waals surface area contributed by atoms with Crippen molar-refractivity contribution in [1.82, 2.24) is 5.32 Å². The molecule has 98 valence electrons. The lowest BCUT2D eigenvalue weighted by Crippen LogP contribution is -2.22. The van der Waals surface area contributed by atoms with E-state index in [9.17, 15) is 4.79 Å². The molecule has 1 amide bonds. The summed E-state index contributed by atoms with van der Waals surface area (Å²) < 4.78 is 5.63. The Morgan fingerprint density at radius 1 is 1.47 bits per heavy atom. The molecule has 4 heteroatoms. The number of hydrogen-bond donors (Lipinski definition) is 1. The molecule has 2 heterocycles. The number of carbonyl (C=O) groups excluding carboxylic acids is 1. The van der Waals surface area contributed by atoms with E-state index in [0.717, 1.165) is 22.6 Å². The predicted molar refractivity (Wildman–Crippen MR) is 75.7 cm³/mol. The first kappa shape index (κ1) is 12.2. The normalized spacial score (nSPS) is 16.8. The molecule has 0 bridgehead atoms. The molecule has 0 unspecified atom stereocenters. The molecule has 1 atom stereocenters. The fraction of sp³-hybridized carbons (Fsp3) is 0.267. The number of amides is 1. The van der Waals surface area contributed by atoms with Crippen LogP contribution < -0.4 is 10.1 Å². The smallest absolute Gasteiger partial charge is 0.251 e. The first-order chi connectivity index (χ1) is 9.22. The molecule has 3 rings (SSSR count). The molecular weight excluding hydrogens is 258 g/mol. The Morgan fingerprint density at radius 2 is 2.37 bits per heavy atom. The highest BCUT2D eigenvalue weighted by molar-refractivity contribution is 7.09. The average molecular weight is 273 g/mol. The van der Waals surface area contributed by atoms with Crippen LogP contribution >= 0.6 is 11.3 Å². The van der Waals surface area contributed by atoms with Gasteiger partial charge in [0.2, 0.25) is 0 Å². The van der Waals surface area contributed by atoms with Gasteiger partial charge in [-0.25, -0.2) is 0 Å². The quantitative estimate of drug-likeness (QED) is 0.933. The first-order valence-corrected chi connectivity index (χ1v) is 7.20. The second kappa shape index (κ2) is 5.05. The zero-order valence-corrected chi connectivity index (χ0v) is 11.5. The third kappa shape index (κ3) is 2.63. The highest BCUT2D eigenvalue weighted by Gasteiger charge is 2.20. The van der Waals surface area contributed by atoms with Crippen molar-refractivity contribution in [2.75, 3.05) is 0 Å². The summed E-state index contributed by atoms with van der Waals surface area (Å²) in [5.74, 6) is 0.873. The van der Waals surface area contributed by atoms with Crippen LogP contribution in [-0.4, -0.2) is 12.0 Å². The van der Waals surface area contributed by atoms with Crippen molar-refractivity contribution in [2.45, 2.75) is 26.0 Å². The minimum Gasteiger partial charge on any atom is -0.490 e. The Bertz CT molecular complexity index is 592. The largest absolute Gasteiger partial charge is 0.490 e. The van der Waals surface area contributed by atoms with E-state index in [1.165, 1.54) is 0 Å². The minimum atomic E-state index is -0.0317. The second-order valence-corrected chi connectivity index (χ2v) is 5.75. The molecule has 1 aliphatic heterocycles. The molecule has 1 aromatic carbocycles. The van der Waals surface area contributed by atoms with Gasteiger partial charge in [-0.05, 0) is 42.1 Å². The van der Waals surface area contributed by atoms with Crippen molar-refractivity contribution in [3.63, 3.8) is 0 Å². The molecule has 19 heavy (non-hydrogen) atoms. The topological polar surface area (TPSA) is 38.3 Å². The maximum atomic E-state index is 12.1. The van der Waals surface area contributed by atoms with Crippen LogP contribution in [0.2, 0.25) is 0 Å². The average Bonchev–Trinajstić information content (AvgIpc) is 3.02. The van der Waals surface area contributed by atoms with E-state index in [1.807, 2.05) is 42.6 Å². The summed E-state index contributed by atoms with van der Waals surface area (Å²) in [5, 5.41) is 4.94. The molecule has 2 aromatic rings. The Labute approximate surface area is 116 Å². The van der Waals surface area contributed by atoms with Crippen LogP contribution in [0.5, 0.6) is 5.75 Å².